The molecule has 0 bridgehead atoms. The van der Waals surface area contributed by atoms with E-state index < -0.39 is 14.9 Å². The summed E-state index contributed by atoms with van der Waals surface area (Å²) < 4.78 is 27.1. The lowest BCUT2D eigenvalue weighted by Gasteiger charge is -2.28. The van der Waals surface area contributed by atoms with E-state index >= 15 is 0 Å². The lowest BCUT2D eigenvalue weighted by molar-refractivity contribution is 0.0592. The fourth-order valence-corrected chi connectivity index (χ4v) is 4.28. The van der Waals surface area contributed by atoms with Crippen LogP contribution in [0, 0.1) is 0 Å². The molecular formula is C12H27NO6Si. The first-order valence-electron chi connectivity index (χ1n) is 7.02. The predicted octanol–water partition coefficient (Wildman–Crippen LogP) is 1.54. The second kappa shape index (κ2) is 12.1. The summed E-state index contributed by atoms with van der Waals surface area (Å²) in [6.07, 6.45) is -0.0212. The van der Waals surface area contributed by atoms with Gasteiger partial charge in [0.1, 0.15) is 6.61 Å². The molecule has 0 aliphatic carbocycles. The maximum atomic E-state index is 10.3. The minimum Gasteiger partial charge on any atom is -0.447 e. The third-order valence-electron chi connectivity index (χ3n) is 2.34. The van der Waals surface area contributed by atoms with E-state index in [0.717, 1.165) is 6.42 Å². The first-order valence-corrected chi connectivity index (χ1v) is 8.95. The van der Waals surface area contributed by atoms with Crippen molar-refractivity contribution in [3.8, 4) is 0 Å². The van der Waals surface area contributed by atoms with Crippen molar-refractivity contribution >= 4 is 14.9 Å². The van der Waals surface area contributed by atoms with Gasteiger partial charge in [-0.25, -0.2) is 4.79 Å². The van der Waals surface area contributed by atoms with Crippen LogP contribution in [-0.2, 0) is 22.8 Å². The topological polar surface area (TPSA) is 89.2 Å². The number of nitrogens with two attached hydrogens (primary N) is 1. The zero-order valence-corrected chi connectivity index (χ0v) is 13.7. The Bertz CT molecular complexity index is 237. The second-order valence-corrected chi connectivity index (χ2v) is 6.60. The minimum absolute atomic E-state index is 0.167. The summed E-state index contributed by atoms with van der Waals surface area (Å²) in [5.41, 5.74) is 4.83. The van der Waals surface area contributed by atoms with Crippen molar-refractivity contribution in [2.75, 3.05) is 39.6 Å². The summed E-state index contributed by atoms with van der Waals surface area (Å²) in [7, 11) is -2.57. The van der Waals surface area contributed by atoms with Crippen LogP contribution >= 0.6 is 0 Å². The van der Waals surface area contributed by atoms with E-state index in [4.69, 9.17) is 23.7 Å². The molecule has 0 saturated carbocycles. The van der Waals surface area contributed by atoms with E-state index in [9.17, 15) is 4.79 Å². The van der Waals surface area contributed by atoms with Crippen LogP contribution in [0.15, 0.2) is 0 Å². The molecule has 0 saturated heterocycles. The molecule has 0 radical (unpaired) electrons. The standard InChI is InChI=1S/C12H27NO6Si/c1-4-17-20(18-5-2,19-6-3)11-7-8-15-9-10-16-12(13)14/h4-11H2,1-3H3,(H2,13,14). The Morgan fingerprint density at radius 1 is 0.950 bits per heavy atom. The maximum absolute atomic E-state index is 10.3. The zero-order valence-electron chi connectivity index (χ0n) is 12.7. The second-order valence-electron chi connectivity index (χ2n) is 3.87. The number of hydrogen-bond donors (Lipinski definition) is 1. The minimum atomic E-state index is -2.57. The van der Waals surface area contributed by atoms with Gasteiger partial charge < -0.3 is 28.5 Å². The molecule has 0 aromatic rings. The highest BCUT2D eigenvalue weighted by atomic mass is 28.4. The van der Waals surface area contributed by atoms with Gasteiger partial charge in [0.25, 0.3) is 0 Å². The third kappa shape index (κ3) is 9.27. The summed E-state index contributed by atoms with van der Waals surface area (Å²) in [5, 5.41) is 0. The van der Waals surface area contributed by atoms with Crippen LogP contribution in [0.2, 0.25) is 6.04 Å². The fourth-order valence-electron chi connectivity index (χ4n) is 1.70. The molecule has 0 fully saturated rings. The van der Waals surface area contributed by atoms with Gasteiger partial charge in [-0.1, -0.05) is 0 Å². The molecule has 20 heavy (non-hydrogen) atoms. The third-order valence-corrected chi connectivity index (χ3v) is 5.49. The highest BCUT2D eigenvalue weighted by Gasteiger charge is 2.39. The van der Waals surface area contributed by atoms with Crippen LogP contribution in [0.3, 0.4) is 0 Å². The smallest absolute Gasteiger partial charge is 0.447 e. The van der Waals surface area contributed by atoms with E-state index in [-0.39, 0.29) is 6.61 Å². The molecule has 1 amide bonds. The van der Waals surface area contributed by atoms with Gasteiger partial charge in [-0.3, -0.25) is 0 Å². The molecule has 0 aliphatic heterocycles. The number of carbonyl (C=O) groups excluding carboxylic acids is 1. The van der Waals surface area contributed by atoms with Gasteiger partial charge in [0.15, 0.2) is 0 Å². The molecule has 0 aromatic carbocycles. The van der Waals surface area contributed by atoms with Crippen molar-refractivity contribution in [3.63, 3.8) is 0 Å². The highest BCUT2D eigenvalue weighted by Crippen LogP contribution is 2.18. The van der Waals surface area contributed by atoms with Crippen LogP contribution in [0.4, 0.5) is 4.79 Å². The van der Waals surface area contributed by atoms with Crippen LogP contribution in [0.5, 0.6) is 0 Å². The first kappa shape index (κ1) is 19.3. The number of ether oxygens (including phenoxy) is 2. The largest absolute Gasteiger partial charge is 0.501 e. The van der Waals surface area contributed by atoms with Gasteiger partial charge in [-0.15, -0.1) is 0 Å². The van der Waals surface area contributed by atoms with Crippen molar-refractivity contribution in [2.45, 2.75) is 33.2 Å². The van der Waals surface area contributed by atoms with E-state index in [1.54, 1.807) is 0 Å². The van der Waals surface area contributed by atoms with E-state index in [2.05, 4.69) is 4.74 Å². The Hall–Kier alpha value is -0.673. The monoisotopic (exact) mass is 309 g/mol. The van der Waals surface area contributed by atoms with E-state index in [1.165, 1.54) is 0 Å². The average Bonchev–Trinajstić information content (AvgIpc) is 2.38. The van der Waals surface area contributed by atoms with Crippen molar-refractivity contribution < 1.29 is 27.5 Å². The van der Waals surface area contributed by atoms with Crippen molar-refractivity contribution in [1.82, 2.24) is 0 Å². The number of carbonyl (C=O) groups is 1. The molecular weight excluding hydrogens is 282 g/mol. The van der Waals surface area contributed by atoms with E-state index in [0.29, 0.717) is 39.1 Å². The molecule has 0 aromatic heterocycles. The van der Waals surface area contributed by atoms with E-state index in [1.807, 2.05) is 20.8 Å². The highest BCUT2D eigenvalue weighted by molar-refractivity contribution is 6.60. The van der Waals surface area contributed by atoms with Gasteiger partial charge in [0.2, 0.25) is 0 Å². The molecule has 2 N–H and O–H groups in total. The van der Waals surface area contributed by atoms with Crippen molar-refractivity contribution in [2.24, 2.45) is 5.73 Å². The van der Waals surface area contributed by atoms with Gasteiger partial charge in [0, 0.05) is 32.5 Å². The first-order chi connectivity index (χ1) is 9.60. The molecule has 0 rings (SSSR count). The lowest BCUT2D eigenvalue weighted by atomic mass is 10.5. The van der Waals surface area contributed by atoms with Crippen molar-refractivity contribution in [3.05, 3.63) is 0 Å². The normalized spacial score (nSPS) is 11.6. The molecule has 0 aliphatic rings. The number of hydrogen-bond acceptors (Lipinski definition) is 6. The molecule has 0 unspecified atom stereocenters. The molecule has 8 heteroatoms. The fraction of sp³-hybridized carbons (Fsp3) is 0.917. The molecule has 0 spiro atoms. The number of primary amides is 1. The Kier molecular flexibility index (Phi) is 11.7. The molecule has 0 atom stereocenters. The molecule has 0 heterocycles. The molecule has 120 valence electrons. The Morgan fingerprint density at radius 2 is 1.50 bits per heavy atom. The number of amides is 1. The summed E-state index contributed by atoms with van der Waals surface area (Å²) in [4.78, 5) is 10.3. The number of rotatable bonds is 13. The zero-order chi connectivity index (χ0) is 15.3. The van der Waals surface area contributed by atoms with Crippen LogP contribution in [0.25, 0.3) is 0 Å². The maximum Gasteiger partial charge on any atom is 0.501 e. The Labute approximate surface area is 122 Å². The summed E-state index contributed by atoms with van der Waals surface area (Å²) in [5.74, 6) is 0. The van der Waals surface area contributed by atoms with Crippen LogP contribution < -0.4 is 5.73 Å². The van der Waals surface area contributed by atoms with Crippen LogP contribution in [-0.4, -0.2) is 54.5 Å². The van der Waals surface area contributed by atoms with Gasteiger partial charge in [0.05, 0.1) is 6.61 Å². The van der Waals surface area contributed by atoms with Gasteiger partial charge >= 0.3 is 14.9 Å². The van der Waals surface area contributed by atoms with Crippen molar-refractivity contribution in [1.29, 1.82) is 0 Å². The summed E-state index contributed by atoms with van der Waals surface area (Å²) in [6, 6.07) is 0.708. The van der Waals surface area contributed by atoms with Crippen LogP contribution in [0.1, 0.15) is 27.2 Å². The average molecular weight is 309 g/mol. The summed E-state index contributed by atoms with van der Waals surface area (Å²) >= 11 is 0. The van der Waals surface area contributed by atoms with Gasteiger partial charge in [-0.2, -0.15) is 0 Å². The predicted molar refractivity (Wildman–Crippen MR) is 76.4 cm³/mol. The lowest BCUT2D eigenvalue weighted by Crippen LogP contribution is -2.46. The SMILES string of the molecule is CCO[Si](CCCOCCOC(N)=O)(OCC)OCC. The van der Waals surface area contributed by atoms with Gasteiger partial charge in [-0.05, 0) is 27.2 Å². The quantitative estimate of drug-likeness (QED) is 0.410. The Balaban J connectivity index is 3.91. The Morgan fingerprint density at radius 3 is 1.95 bits per heavy atom. The molecule has 7 nitrogen and oxygen atoms in total. The summed E-state index contributed by atoms with van der Waals surface area (Å²) in [6.45, 7) is 8.52.